The highest BCUT2D eigenvalue weighted by Gasteiger charge is 2.02. The molecule has 0 aliphatic carbocycles. The number of ether oxygens (including phenoxy) is 1. The molecule has 0 aliphatic rings. The van der Waals surface area contributed by atoms with Gasteiger partial charge in [-0.1, -0.05) is 19.9 Å². The smallest absolute Gasteiger partial charge is 0.130 e. The highest BCUT2D eigenvalue weighted by molar-refractivity contribution is 5.18. The Morgan fingerprint density at radius 3 is 2.67 bits per heavy atom. The fourth-order valence-corrected chi connectivity index (χ4v) is 1.45. The monoisotopic (exact) mass is 257 g/mol. The molecular formula is C14H21F2NO. The summed E-state index contributed by atoms with van der Waals surface area (Å²) in [6, 6.07) is 3.62. The van der Waals surface area contributed by atoms with Crippen LogP contribution in [0, 0.1) is 17.6 Å². The number of halogens is 2. The van der Waals surface area contributed by atoms with Gasteiger partial charge in [0.1, 0.15) is 11.6 Å². The van der Waals surface area contributed by atoms with E-state index in [1.807, 2.05) is 0 Å². The number of nitrogens with one attached hydrogen (secondary N) is 1. The predicted molar refractivity (Wildman–Crippen MR) is 68.3 cm³/mol. The normalized spacial score (nSPS) is 11.2. The summed E-state index contributed by atoms with van der Waals surface area (Å²) in [7, 11) is 0. The fourth-order valence-electron chi connectivity index (χ4n) is 1.45. The van der Waals surface area contributed by atoms with Crippen LogP contribution in [0.5, 0.6) is 0 Å². The summed E-state index contributed by atoms with van der Waals surface area (Å²) < 4.78 is 31.3. The van der Waals surface area contributed by atoms with Crippen molar-refractivity contribution < 1.29 is 13.5 Å². The highest BCUT2D eigenvalue weighted by atomic mass is 19.1. The topological polar surface area (TPSA) is 21.3 Å². The van der Waals surface area contributed by atoms with E-state index in [9.17, 15) is 8.78 Å². The van der Waals surface area contributed by atoms with Crippen LogP contribution in [0.2, 0.25) is 0 Å². The minimum atomic E-state index is -0.548. The van der Waals surface area contributed by atoms with Gasteiger partial charge in [-0.05, 0) is 18.4 Å². The average molecular weight is 257 g/mol. The lowest BCUT2D eigenvalue weighted by Gasteiger charge is -2.08. The Balaban J connectivity index is 2.11. The molecule has 0 amide bonds. The van der Waals surface area contributed by atoms with Crippen molar-refractivity contribution in [3.8, 4) is 0 Å². The SMILES string of the molecule is CC(C)CCOCCNCc1ccc(F)cc1F. The Labute approximate surface area is 107 Å². The zero-order valence-corrected chi connectivity index (χ0v) is 11.0. The Kier molecular flexibility index (Phi) is 6.83. The van der Waals surface area contributed by atoms with Gasteiger partial charge in [0.15, 0.2) is 0 Å². The molecule has 102 valence electrons. The Hall–Kier alpha value is -1.00. The van der Waals surface area contributed by atoms with Crippen molar-refractivity contribution in [2.45, 2.75) is 26.8 Å². The molecule has 4 heteroatoms. The number of hydrogen-bond donors (Lipinski definition) is 1. The van der Waals surface area contributed by atoms with Crippen LogP contribution in [-0.4, -0.2) is 19.8 Å². The van der Waals surface area contributed by atoms with E-state index in [-0.39, 0.29) is 0 Å². The van der Waals surface area contributed by atoms with Crippen LogP contribution in [0.15, 0.2) is 18.2 Å². The van der Waals surface area contributed by atoms with E-state index in [0.29, 0.717) is 31.2 Å². The molecule has 0 saturated heterocycles. The first-order valence-electron chi connectivity index (χ1n) is 6.32. The van der Waals surface area contributed by atoms with E-state index >= 15 is 0 Å². The quantitative estimate of drug-likeness (QED) is 0.722. The molecule has 0 radical (unpaired) electrons. The van der Waals surface area contributed by atoms with Crippen molar-refractivity contribution in [2.24, 2.45) is 5.92 Å². The van der Waals surface area contributed by atoms with Crippen molar-refractivity contribution >= 4 is 0 Å². The van der Waals surface area contributed by atoms with Gasteiger partial charge in [0.05, 0.1) is 6.61 Å². The molecule has 0 atom stereocenters. The molecule has 1 rings (SSSR count). The van der Waals surface area contributed by atoms with Crippen molar-refractivity contribution in [3.05, 3.63) is 35.4 Å². The van der Waals surface area contributed by atoms with Crippen LogP contribution in [0.1, 0.15) is 25.8 Å². The zero-order chi connectivity index (χ0) is 13.4. The lowest BCUT2D eigenvalue weighted by atomic mass is 10.1. The van der Waals surface area contributed by atoms with E-state index in [2.05, 4.69) is 19.2 Å². The van der Waals surface area contributed by atoms with Crippen LogP contribution < -0.4 is 5.32 Å². The van der Waals surface area contributed by atoms with Crippen LogP contribution in [0.3, 0.4) is 0 Å². The van der Waals surface area contributed by atoms with Crippen molar-refractivity contribution in [2.75, 3.05) is 19.8 Å². The largest absolute Gasteiger partial charge is 0.380 e. The maximum Gasteiger partial charge on any atom is 0.130 e. The second kappa shape index (κ2) is 8.16. The highest BCUT2D eigenvalue weighted by Crippen LogP contribution is 2.08. The molecule has 1 aromatic rings. The van der Waals surface area contributed by atoms with Gasteiger partial charge in [-0.2, -0.15) is 0 Å². The van der Waals surface area contributed by atoms with Gasteiger partial charge in [-0.15, -0.1) is 0 Å². The van der Waals surface area contributed by atoms with E-state index < -0.39 is 11.6 Å². The standard InChI is InChI=1S/C14H21F2NO/c1-11(2)5-7-18-8-6-17-10-12-3-4-13(15)9-14(12)16/h3-4,9,11,17H,5-8,10H2,1-2H3. The summed E-state index contributed by atoms with van der Waals surface area (Å²) in [6.07, 6.45) is 1.05. The molecule has 0 aliphatic heterocycles. The van der Waals surface area contributed by atoms with Gasteiger partial charge < -0.3 is 10.1 Å². The van der Waals surface area contributed by atoms with Gasteiger partial charge in [0.2, 0.25) is 0 Å². The second-order valence-electron chi connectivity index (χ2n) is 4.71. The lowest BCUT2D eigenvalue weighted by Crippen LogP contribution is -2.20. The zero-order valence-electron chi connectivity index (χ0n) is 11.0. The first-order chi connectivity index (χ1) is 8.59. The molecule has 0 bridgehead atoms. The van der Waals surface area contributed by atoms with Crippen LogP contribution in [-0.2, 0) is 11.3 Å². The third-order valence-corrected chi connectivity index (χ3v) is 2.59. The van der Waals surface area contributed by atoms with Crippen molar-refractivity contribution in [1.29, 1.82) is 0 Å². The second-order valence-corrected chi connectivity index (χ2v) is 4.71. The molecule has 0 aromatic heterocycles. The van der Waals surface area contributed by atoms with Gasteiger partial charge in [0.25, 0.3) is 0 Å². The molecule has 18 heavy (non-hydrogen) atoms. The Morgan fingerprint density at radius 1 is 1.22 bits per heavy atom. The maximum atomic E-state index is 13.3. The summed E-state index contributed by atoms with van der Waals surface area (Å²) in [6.45, 7) is 6.71. The summed E-state index contributed by atoms with van der Waals surface area (Å²) in [5.41, 5.74) is 0.471. The number of hydrogen-bond acceptors (Lipinski definition) is 2. The molecule has 1 aromatic carbocycles. The third-order valence-electron chi connectivity index (χ3n) is 2.59. The van der Waals surface area contributed by atoms with Crippen LogP contribution in [0.4, 0.5) is 8.78 Å². The molecule has 0 fully saturated rings. The first-order valence-corrected chi connectivity index (χ1v) is 6.32. The van der Waals surface area contributed by atoms with E-state index in [1.54, 1.807) is 0 Å². The molecule has 0 saturated carbocycles. The van der Waals surface area contributed by atoms with Gasteiger partial charge in [-0.25, -0.2) is 8.78 Å². The summed E-state index contributed by atoms with van der Waals surface area (Å²) in [4.78, 5) is 0. The number of benzene rings is 1. The summed E-state index contributed by atoms with van der Waals surface area (Å²) >= 11 is 0. The third kappa shape index (κ3) is 6.07. The molecule has 1 N–H and O–H groups in total. The minimum Gasteiger partial charge on any atom is -0.380 e. The maximum absolute atomic E-state index is 13.3. The Bertz CT molecular complexity index is 356. The van der Waals surface area contributed by atoms with Crippen molar-refractivity contribution in [1.82, 2.24) is 5.32 Å². The fraction of sp³-hybridized carbons (Fsp3) is 0.571. The summed E-state index contributed by atoms with van der Waals surface area (Å²) in [5.74, 6) is -0.414. The molecular weight excluding hydrogens is 236 g/mol. The molecule has 0 unspecified atom stereocenters. The van der Waals surface area contributed by atoms with Gasteiger partial charge >= 0.3 is 0 Å². The number of rotatable bonds is 8. The average Bonchev–Trinajstić information content (AvgIpc) is 2.30. The first kappa shape index (κ1) is 15.1. The van der Waals surface area contributed by atoms with E-state index in [0.717, 1.165) is 19.1 Å². The van der Waals surface area contributed by atoms with Crippen molar-refractivity contribution in [3.63, 3.8) is 0 Å². The Morgan fingerprint density at radius 2 is 2.00 bits per heavy atom. The predicted octanol–water partition coefficient (Wildman–Crippen LogP) is 3.12. The van der Waals surface area contributed by atoms with E-state index in [1.165, 1.54) is 12.1 Å². The van der Waals surface area contributed by atoms with Crippen LogP contribution in [0.25, 0.3) is 0 Å². The van der Waals surface area contributed by atoms with Crippen LogP contribution >= 0.6 is 0 Å². The molecule has 0 spiro atoms. The molecule has 2 nitrogen and oxygen atoms in total. The van der Waals surface area contributed by atoms with Gasteiger partial charge in [-0.3, -0.25) is 0 Å². The van der Waals surface area contributed by atoms with Gasteiger partial charge in [0, 0.05) is 31.3 Å². The molecule has 0 heterocycles. The minimum absolute atomic E-state index is 0.389. The van der Waals surface area contributed by atoms with E-state index in [4.69, 9.17) is 4.74 Å². The lowest BCUT2D eigenvalue weighted by molar-refractivity contribution is 0.125. The summed E-state index contributed by atoms with van der Waals surface area (Å²) in [5, 5.41) is 3.06.